The van der Waals surface area contributed by atoms with Crippen LogP contribution in [0.5, 0.6) is 0 Å². The Morgan fingerprint density at radius 3 is 2.73 bits per heavy atom. The zero-order chi connectivity index (χ0) is 10.7. The summed E-state index contributed by atoms with van der Waals surface area (Å²) in [6.07, 6.45) is 4.66. The van der Waals surface area contributed by atoms with Crippen molar-refractivity contribution in [3.63, 3.8) is 0 Å². The van der Waals surface area contributed by atoms with Gasteiger partial charge in [0.1, 0.15) is 12.1 Å². The highest BCUT2D eigenvalue weighted by molar-refractivity contribution is 5.45. The molecule has 0 bridgehead atoms. The maximum Gasteiger partial charge on any atom is 0.217 e. The van der Waals surface area contributed by atoms with Crippen molar-refractivity contribution in [2.75, 3.05) is 0 Å². The molecule has 0 aromatic carbocycles. The van der Waals surface area contributed by atoms with Gasteiger partial charge in [-0.3, -0.25) is 4.57 Å². The van der Waals surface area contributed by atoms with Crippen molar-refractivity contribution in [1.82, 2.24) is 14.5 Å². The molecule has 70 valence electrons. The quantitative estimate of drug-likeness (QED) is 0.680. The Balaban J connectivity index is 2.66. The largest absolute Gasteiger partial charge is 0.288 e. The van der Waals surface area contributed by atoms with Crippen molar-refractivity contribution in [1.29, 1.82) is 10.5 Å². The van der Waals surface area contributed by atoms with Gasteiger partial charge >= 0.3 is 0 Å². The maximum atomic E-state index is 8.85. The first kappa shape index (κ1) is 8.92. The van der Waals surface area contributed by atoms with Gasteiger partial charge in [0.25, 0.3) is 0 Å². The fourth-order valence-corrected chi connectivity index (χ4v) is 1.26. The standard InChI is InChI=1S/C10H5N5/c11-6-8-9(2-1-3-13-8)15-5-4-14-10(15)7-12/h1-5H. The highest BCUT2D eigenvalue weighted by atomic mass is 15.1. The van der Waals surface area contributed by atoms with Crippen molar-refractivity contribution in [3.05, 3.63) is 42.2 Å². The lowest BCUT2D eigenvalue weighted by molar-refractivity contribution is 0.997. The molecule has 0 unspecified atom stereocenters. The number of hydrogen-bond acceptors (Lipinski definition) is 4. The SMILES string of the molecule is N#Cc1ncccc1-n1ccnc1C#N. The lowest BCUT2D eigenvalue weighted by Crippen LogP contribution is -2.00. The first-order chi connectivity index (χ1) is 7.36. The summed E-state index contributed by atoms with van der Waals surface area (Å²) < 4.78 is 1.53. The second-order valence-electron chi connectivity index (χ2n) is 2.72. The van der Waals surface area contributed by atoms with Crippen LogP contribution in [0.2, 0.25) is 0 Å². The molecule has 0 amide bonds. The normalized spacial score (nSPS) is 9.20. The summed E-state index contributed by atoms with van der Waals surface area (Å²) in [7, 11) is 0. The Morgan fingerprint density at radius 1 is 1.13 bits per heavy atom. The summed E-state index contributed by atoms with van der Waals surface area (Å²) in [4.78, 5) is 7.76. The smallest absolute Gasteiger partial charge is 0.217 e. The molecule has 0 atom stereocenters. The van der Waals surface area contributed by atoms with Crippen LogP contribution < -0.4 is 0 Å². The molecule has 15 heavy (non-hydrogen) atoms. The molecule has 0 saturated carbocycles. The van der Waals surface area contributed by atoms with Gasteiger partial charge in [0.2, 0.25) is 5.82 Å². The van der Waals surface area contributed by atoms with Gasteiger partial charge in [-0.1, -0.05) is 0 Å². The minimum atomic E-state index is 0.236. The second-order valence-corrected chi connectivity index (χ2v) is 2.72. The van der Waals surface area contributed by atoms with E-state index >= 15 is 0 Å². The number of hydrogen-bond donors (Lipinski definition) is 0. The van der Waals surface area contributed by atoms with Crippen LogP contribution in [0.25, 0.3) is 5.69 Å². The van der Waals surface area contributed by atoms with E-state index in [4.69, 9.17) is 10.5 Å². The van der Waals surface area contributed by atoms with Gasteiger partial charge in [-0.05, 0) is 12.1 Å². The molecule has 0 radical (unpaired) electrons. The van der Waals surface area contributed by atoms with Crippen LogP contribution in [0.3, 0.4) is 0 Å². The summed E-state index contributed by atoms with van der Waals surface area (Å²) in [5, 5.41) is 17.6. The first-order valence-electron chi connectivity index (χ1n) is 4.15. The summed E-state index contributed by atoms with van der Waals surface area (Å²) in [6.45, 7) is 0. The van der Waals surface area contributed by atoms with Crippen molar-refractivity contribution in [2.24, 2.45) is 0 Å². The minimum absolute atomic E-state index is 0.236. The summed E-state index contributed by atoms with van der Waals surface area (Å²) in [5.41, 5.74) is 0.834. The van der Waals surface area contributed by atoms with E-state index in [2.05, 4.69) is 9.97 Å². The minimum Gasteiger partial charge on any atom is -0.288 e. The van der Waals surface area contributed by atoms with Gasteiger partial charge in [-0.15, -0.1) is 0 Å². The molecule has 0 aliphatic carbocycles. The maximum absolute atomic E-state index is 8.85. The molecule has 2 heterocycles. The summed E-state index contributed by atoms with van der Waals surface area (Å²) in [6, 6.07) is 7.33. The molecule has 2 rings (SSSR count). The molecule has 2 aromatic heterocycles. The number of nitrogens with zero attached hydrogens (tertiary/aromatic N) is 5. The Bertz CT molecular complexity index is 570. The lowest BCUT2D eigenvalue weighted by atomic mass is 10.3. The molecule has 0 aliphatic heterocycles. The third-order valence-corrected chi connectivity index (χ3v) is 1.89. The van der Waals surface area contributed by atoms with Crippen molar-refractivity contribution in [2.45, 2.75) is 0 Å². The Hall–Kier alpha value is -2.66. The Kier molecular flexibility index (Phi) is 2.14. The topological polar surface area (TPSA) is 78.3 Å². The Labute approximate surface area is 85.9 Å². The van der Waals surface area contributed by atoms with E-state index in [0.717, 1.165) is 0 Å². The van der Waals surface area contributed by atoms with Gasteiger partial charge in [-0.2, -0.15) is 10.5 Å². The average molecular weight is 195 g/mol. The van der Waals surface area contributed by atoms with E-state index < -0.39 is 0 Å². The molecular formula is C10H5N5. The molecule has 0 fully saturated rings. The van der Waals surface area contributed by atoms with Gasteiger partial charge in [0.05, 0.1) is 5.69 Å². The molecule has 0 aliphatic rings. The van der Waals surface area contributed by atoms with Crippen LogP contribution in [0.15, 0.2) is 30.7 Å². The van der Waals surface area contributed by atoms with Crippen molar-refractivity contribution >= 4 is 0 Å². The summed E-state index contributed by atoms with van der Waals surface area (Å²) >= 11 is 0. The van der Waals surface area contributed by atoms with E-state index in [1.54, 1.807) is 18.3 Å². The third kappa shape index (κ3) is 1.43. The zero-order valence-corrected chi connectivity index (χ0v) is 7.62. The van der Waals surface area contributed by atoms with Gasteiger partial charge in [0, 0.05) is 18.6 Å². The predicted molar refractivity (Wildman–Crippen MR) is 50.8 cm³/mol. The van der Waals surface area contributed by atoms with E-state index in [1.165, 1.54) is 17.0 Å². The zero-order valence-electron chi connectivity index (χ0n) is 7.62. The fourth-order valence-electron chi connectivity index (χ4n) is 1.26. The third-order valence-electron chi connectivity index (χ3n) is 1.89. The number of imidazole rings is 1. The van der Waals surface area contributed by atoms with Crippen LogP contribution in [-0.4, -0.2) is 14.5 Å². The average Bonchev–Trinajstić information content (AvgIpc) is 2.76. The van der Waals surface area contributed by atoms with Crippen LogP contribution in [0.1, 0.15) is 11.5 Å². The molecule has 0 spiro atoms. The van der Waals surface area contributed by atoms with E-state index in [-0.39, 0.29) is 11.5 Å². The van der Waals surface area contributed by atoms with Crippen molar-refractivity contribution < 1.29 is 0 Å². The lowest BCUT2D eigenvalue weighted by Gasteiger charge is -2.03. The van der Waals surface area contributed by atoms with Crippen LogP contribution in [-0.2, 0) is 0 Å². The van der Waals surface area contributed by atoms with Gasteiger partial charge in [-0.25, -0.2) is 9.97 Å². The summed E-state index contributed by atoms with van der Waals surface area (Å²) in [5.74, 6) is 0.236. The highest BCUT2D eigenvalue weighted by Crippen LogP contribution is 2.12. The highest BCUT2D eigenvalue weighted by Gasteiger charge is 2.08. The monoisotopic (exact) mass is 195 g/mol. The van der Waals surface area contributed by atoms with E-state index in [0.29, 0.717) is 5.69 Å². The van der Waals surface area contributed by atoms with E-state index in [9.17, 15) is 0 Å². The van der Waals surface area contributed by atoms with Crippen LogP contribution in [0, 0.1) is 22.7 Å². The Morgan fingerprint density at radius 2 is 2.00 bits per heavy atom. The number of pyridine rings is 1. The van der Waals surface area contributed by atoms with Gasteiger partial charge < -0.3 is 0 Å². The first-order valence-corrected chi connectivity index (χ1v) is 4.15. The number of nitriles is 2. The van der Waals surface area contributed by atoms with Crippen LogP contribution >= 0.6 is 0 Å². The van der Waals surface area contributed by atoms with E-state index in [1.807, 2.05) is 12.1 Å². The second kappa shape index (κ2) is 3.60. The number of rotatable bonds is 1. The van der Waals surface area contributed by atoms with Crippen LogP contribution in [0.4, 0.5) is 0 Å². The van der Waals surface area contributed by atoms with Crippen molar-refractivity contribution in [3.8, 4) is 17.8 Å². The molecule has 0 saturated heterocycles. The molecule has 5 nitrogen and oxygen atoms in total. The molecule has 2 aromatic rings. The molecule has 5 heteroatoms. The predicted octanol–water partition coefficient (Wildman–Crippen LogP) is 1.01. The molecular weight excluding hydrogens is 190 g/mol. The molecule has 0 N–H and O–H groups in total. The number of aromatic nitrogens is 3. The van der Waals surface area contributed by atoms with Gasteiger partial charge in [0.15, 0.2) is 5.69 Å². The fraction of sp³-hybridized carbons (Fsp3) is 0.